The van der Waals surface area contributed by atoms with Crippen LogP contribution in [-0.4, -0.2) is 17.7 Å². The number of alkyl halides is 3. The number of imide groups is 1. The molecule has 4 atom stereocenters. The molecule has 2 fully saturated rings. The zero-order chi connectivity index (χ0) is 22.8. The Balaban J connectivity index is 1.48. The molecule has 0 spiro atoms. The van der Waals surface area contributed by atoms with Gasteiger partial charge in [0.05, 0.1) is 34.3 Å². The number of rotatable bonds is 3. The fraction of sp³-hybridized carbons (Fsp3) is 0.292. The second-order valence-corrected chi connectivity index (χ2v) is 8.49. The third kappa shape index (κ3) is 2.97. The molecular formula is C24H19F3N2O3. The number of hydrogen-bond donors (Lipinski definition) is 1. The first kappa shape index (κ1) is 20.5. The highest BCUT2D eigenvalue weighted by molar-refractivity contribution is 6.25. The van der Waals surface area contributed by atoms with Gasteiger partial charge in [-0.05, 0) is 49.4 Å². The van der Waals surface area contributed by atoms with Crippen LogP contribution < -0.4 is 10.2 Å². The minimum atomic E-state index is -4.65. The SMILES string of the molecule is CC1=C[C@H]2C[C@H]1[C@H]1C(=O)N(c3ccccc3C(=O)Nc3ccccc3C(F)(F)F)C(=O)[C@@H]12. The number of hydrogen-bond acceptors (Lipinski definition) is 3. The van der Waals surface area contributed by atoms with Crippen molar-refractivity contribution in [1.29, 1.82) is 0 Å². The van der Waals surface area contributed by atoms with Gasteiger partial charge in [0.1, 0.15) is 0 Å². The summed E-state index contributed by atoms with van der Waals surface area (Å²) in [6, 6.07) is 10.6. The van der Waals surface area contributed by atoms with Gasteiger partial charge in [-0.2, -0.15) is 13.2 Å². The van der Waals surface area contributed by atoms with Gasteiger partial charge in [0, 0.05) is 0 Å². The zero-order valence-corrected chi connectivity index (χ0v) is 17.0. The van der Waals surface area contributed by atoms with Crippen LogP contribution in [0, 0.1) is 23.7 Å². The Kier molecular flexibility index (Phi) is 4.51. The first-order valence-corrected chi connectivity index (χ1v) is 10.3. The monoisotopic (exact) mass is 440 g/mol. The predicted molar refractivity (Wildman–Crippen MR) is 111 cm³/mol. The van der Waals surface area contributed by atoms with E-state index in [2.05, 4.69) is 5.32 Å². The van der Waals surface area contributed by atoms with E-state index < -0.39 is 35.2 Å². The Morgan fingerprint density at radius 1 is 1.00 bits per heavy atom. The summed E-state index contributed by atoms with van der Waals surface area (Å²) >= 11 is 0. The molecule has 32 heavy (non-hydrogen) atoms. The van der Waals surface area contributed by atoms with Gasteiger partial charge >= 0.3 is 6.18 Å². The normalized spacial score (nSPS) is 26.4. The van der Waals surface area contributed by atoms with Gasteiger partial charge in [0.25, 0.3) is 5.91 Å². The van der Waals surface area contributed by atoms with Crippen LogP contribution in [0.4, 0.5) is 24.5 Å². The number of halogens is 3. The van der Waals surface area contributed by atoms with Gasteiger partial charge < -0.3 is 5.32 Å². The number of fused-ring (bicyclic) bond motifs is 5. The summed E-state index contributed by atoms with van der Waals surface area (Å²) in [6.07, 6.45) is -1.82. The molecule has 0 radical (unpaired) electrons. The molecule has 0 unspecified atom stereocenters. The van der Waals surface area contributed by atoms with Crippen LogP contribution in [0.1, 0.15) is 29.3 Å². The van der Waals surface area contributed by atoms with Crippen LogP contribution in [0.25, 0.3) is 0 Å². The summed E-state index contributed by atoms with van der Waals surface area (Å²) in [5, 5.41) is 2.30. The third-order valence-electron chi connectivity index (χ3n) is 6.75. The van der Waals surface area contributed by atoms with Crippen LogP contribution in [0.2, 0.25) is 0 Å². The Hall–Kier alpha value is -3.42. The van der Waals surface area contributed by atoms with E-state index in [1.165, 1.54) is 30.3 Å². The van der Waals surface area contributed by atoms with Crippen molar-refractivity contribution in [1.82, 2.24) is 0 Å². The van der Waals surface area contributed by atoms with Gasteiger partial charge in [0.15, 0.2) is 0 Å². The van der Waals surface area contributed by atoms with Crippen molar-refractivity contribution in [3.05, 3.63) is 71.3 Å². The molecule has 5 rings (SSSR count). The molecule has 1 saturated heterocycles. The lowest BCUT2D eigenvalue weighted by atomic mass is 9.82. The molecule has 164 valence electrons. The number of nitrogens with one attached hydrogen (secondary N) is 1. The number of carbonyl (C=O) groups excluding carboxylic acids is 3. The van der Waals surface area contributed by atoms with E-state index in [4.69, 9.17) is 0 Å². The number of carbonyl (C=O) groups is 3. The van der Waals surface area contributed by atoms with E-state index >= 15 is 0 Å². The highest BCUT2D eigenvalue weighted by Gasteiger charge is 2.61. The fourth-order valence-electron chi connectivity index (χ4n) is 5.40. The number of amides is 3. The number of para-hydroxylation sites is 2. The van der Waals surface area contributed by atoms with Crippen LogP contribution in [-0.2, 0) is 15.8 Å². The summed E-state index contributed by atoms with van der Waals surface area (Å²) in [5.74, 6) is -2.40. The first-order valence-electron chi connectivity index (χ1n) is 10.3. The molecule has 2 aliphatic carbocycles. The van der Waals surface area contributed by atoms with Crippen molar-refractivity contribution in [2.24, 2.45) is 23.7 Å². The molecule has 3 amide bonds. The molecule has 5 nitrogen and oxygen atoms in total. The van der Waals surface area contributed by atoms with Gasteiger partial charge in [-0.1, -0.05) is 35.9 Å². The van der Waals surface area contributed by atoms with E-state index in [-0.39, 0.29) is 34.9 Å². The van der Waals surface area contributed by atoms with Crippen molar-refractivity contribution in [3.8, 4) is 0 Å². The maximum absolute atomic E-state index is 13.3. The zero-order valence-electron chi connectivity index (χ0n) is 17.0. The number of allylic oxidation sites excluding steroid dienone is 2. The maximum atomic E-state index is 13.3. The van der Waals surface area contributed by atoms with Crippen molar-refractivity contribution in [2.75, 3.05) is 10.2 Å². The first-order chi connectivity index (χ1) is 15.2. The maximum Gasteiger partial charge on any atom is 0.418 e. The molecule has 2 aromatic carbocycles. The number of nitrogens with zero attached hydrogens (tertiary/aromatic N) is 1. The number of benzene rings is 2. The van der Waals surface area contributed by atoms with E-state index in [1.54, 1.807) is 6.07 Å². The van der Waals surface area contributed by atoms with Crippen molar-refractivity contribution in [2.45, 2.75) is 19.5 Å². The summed E-state index contributed by atoms with van der Waals surface area (Å²) in [4.78, 5) is 40.5. The predicted octanol–water partition coefficient (Wildman–Crippen LogP) is 4.66. The lowest BCUT2D eigenvalue weighted by molar-refractivity contribution is -0.137. The van der Waals surface area contributed by atoms with E-state index in [1.807, 2.05) is 13.0 Å². The molecule has 1 N–H and O–H groups in total. The van der Waals surface area contributed by atoms with Crippen LogP contribution >= 0.6 is 0 Å². The lowest BCUT2D eigenvalue weighted by Crippen LogP contribution is -2.34. The third-order valence-corrected chi connectivity index (χ3v) is 6.75. The summed E-state index contributed by atoms with van der Waals surface area (Å²) in [7, 11) is 0. The summed E-state index contributed by atoms with van der Waals surface area (Å²) < 4.78 is 40.0. The van der Waals surface area contributed by atoms with Crippen LogP contribution in [0.15, 0.2) is 60.2 Å². The van der Waals surface area contributed by atoms with Gasteiger partial charge in [-0.15, -0.1) is 0 Å². The van der Waals surface area contributed by atoms with Gasteiger partial charge in [-0.25, -0.2) is 4.90 Å². The van der Waals surface area contributed by atoms with E-state index in [9.17, 15) is 27.6 Å². The highest BCUT2D eigenvalue weighted by atomic mass is 19.4. The Morgan fingerprint density at radius 3 is 2.41 bits per heavy atom. The van der Waals surface area contributed by atoms with Crippen molar-refractivity contribution in [3.63, 3.8) is 0 Å². The topological polar surface area (TPSA) is 66.5 Å². The van der Waals surface area contributed by atoms with E-state index in [0.29, 0.717) is 0 Å². The average Bonchev–Trinajstić information content (AvgIpc) is 3.38. The van der Waals surface area contributed by atoms with Gasteiger partial charge in [0.2, 0.25) is 11.8 Å². The minimum absolute atomic E-state index is 0.00565. The van der Waals surface area contributed by atoms with Gasteiger partial charge in [-0.3, -0.25) is 14.4 Å². The molecule has 2 bridgehead atoms. The molecular weight excluding hydrogens is 421 g/mol. The quantitative estimate of drug-likeness (QED) is 0.558. The standard InChI is InChI=1S/C24H19F3N2O3/c1-12-10-13-11-15(12)20-19(13)22(31)29(23(20)32)18-9-5-2-6-14(18)21(30)28-17-8-4-3-7-16(17)24(25,26)27/h2-10,13,15,19-20H,11H2,1H3,(H,28,30)/t13-,15+,19+,20+/m0/s1. The molecule has 0 aromatic heterocycles. The van der Waals surface area contributed by atoms with Crippen LogP contribution in [0.5, 0.6) is 0 Å². The van der Waals surface area contributed by atoms with E-state index in [0.717, 1.165) is 29.0 Å². The Labute approximate surface area is 181 Å². The fourth-order valence-corrected chi connectivity index (χ4v) is 5.40. The highest BCUT2D eigenvalue weighted by Crippen LogP contribution is 2.56. The smallest absolute Gasteiger partial charge is 0.321 e. The average molecular weight is 440 g/mol. The second-order valence-electron chi connectivity index (χ2n) is 8.49. The van der Waals surface area contributed by atoms with Crippen molar-refractivity contribution < 1.29 is 27.6 Å². The Bertz CT molecular complexity index is 1190. The number of anilines is 2. The van der Waals surface area contributed by atoms with Crippen molar-refractivity contribution >= 4 is 29.1 Å². The molecule has 8 heteroatoms. The van der Waals surface area contributed by atoms with Crippen LogP contribution in [0.3, 0.4) is 0 Å². The summed E-state index contributed by atoms with van der Waals surface area (Å²) in [6.45, 7) is 1.96. The molecule has 1 heterocycles. The summed E-state index contributed by atoms with van der Waals surface area (Å²) in [5.41, 5.74) is -0.214. The Morgan fingerprint density at radius 2 is 1.66 bits per heavy atom. The molecule has 3 aliphatic rings. The largest absolute Gasteiger partial charge is 0.418 e. The molecule has 2 aromatic rings. The molecule has 1 aliphatic heterocycles. The minimum Gasteiger partial charge on any atom is -0.321 e. The lowest BCUT2D eigenvalue weighted by Gasteiger charge is -2.21. The second kappa shape index (κ2) is 7.05. The molecule has 1 saturated carbocycles.